The Kier molecular flexibility index (Phi) is 5.31. The number of nitro groups is 1. The van der Waals surface area contributed by atoms with Crippen molar-refractivity contribution in [3.05, 3.63) is 27.0 Å². The molecular formula is C13H19BrN4O2. The fourth-order valence-electron chi connectivity index (χ4n) is 2.80. The molecule has 0 radical (unpaired) electrons. The molecular weight excluding hydrogens is 324 g/mol. The van der Waals surface area contributed by atoms with Crippen molar-refractivity contribution in [2.75, 3.05) is 11.9 Å². The second-order valence-electron chi connectivity index (χ2n) is 5.16. The second kappa shape index (κ2) is 6.99. The largest absolute Gasteiger partial charge is 0.374 e. The first-order chi connectivity index (χ1) is 9.63. The van der Waals surface area contributed by atoms with E-state index >= 15 is 0 Å². The summed E-state index contributed by atoms with van der Waals surface area (Å²) in [7, 11) is 0. The number of halogens is 1. The number of nitrogens with two attached hydrogens (primary N) is 1. The van der Waals surface area contributed by atoms with Crippen LogP contribution in [0.25, 0.3) is 0 Å². The summed E-state index contributed by atoms with van der Waals surface area (Å²) in [6.45, 7) is 0.469. The summed E-state index contributed by atoms with van der Waals surface area (Å²) in [6.07, 6.45) is 8.78. The van der Waals surface area contributed by atoms with Gasteiger partial charge in [0.15, 0.2) is 0 Å². The first-order valence-corrected chi connectivity index (χ1v) is 7.67. The molecule has 0 bridgehead atoms. The lowest BCUT2D eigenvalue weighted by atomic mass is 9.84. The predicted molar refractivity (Wildman–Crippen MR) is 81.6 cm³/mol. The van der Waals surface area contributed by atoms with Crippen LogP contribution >= 0.6 is 15.9 Å². The lowest BCUT2D eigenvalue weighted by molar-refractivity contribution is -0.384. The molecule has 1 aromatic rings. The maximum Gasteiger partial charge on any atom is 0.311 e. The number of nitrogens with zero attached hydrogens (tertiary/aromatic N) is 2. The summed E-state index contributed by atoms with van der Waals surface area (Å²) in [6, 6.07) is 0.0627. The molecule has 20 heavy (non-hydrogen) atoms. The van der Waals surface area contributed by atoms with Crippen molar-refractivity contribution in [3.63, 3.8) is 0 Å². The summed E-state index contributed by atoms with van der Waals surface area (Å²) in [5.41, 5.74) is 6.32. The molecule has 1 atom stereocenters. The summed E-state index contributed by atoms with van der Waals surface area (Å²) in [5.74, 6) is 0.480. The molecule has 0 spiro atoms. The van der Waals surface area contributed by atoms with Gasteiger partial charge in [0.05, 0.1) is 9.40 Å². The lowest BCUT2D eigenvalue weighted by Gasteiger charge is -2.30. The van der Waals surface area contributed by atoms with E-state index in [0.717, 1.165) is 12.8 Å². The van der Waals surface area contributed by atoms with E-state index in [2.05, 4.69) is 26.2 Å². The van der Waals surface area contributed by atoms with Crippen LogP contribution in [0.1, 0.15) is 32.1 Å². The Bertz CT molecular complexity index is 477. The van der Waals surface area contributed by atoms with Gasteiger partial charge in [-0.2, -0.15) is 0 Å². The molecule has 1 heterocycles. The van der Waals surface area contributed by atoms with Crippen LogP contribution in [0.15, 0.2) is 16.9 Å². The zero-order chi connectivity index (χ0) is 14.5. The van der Waals surface area contributed by atoms with Gasteiger partial charge in [0.1, 0.15) is 11.9 Å². The predicted octanol–water partition coefficient (Wildman–Crippen LogP) is 3.07. The Morgan fingerprint density at radius 1 is 1.45 bits per heavy atom. The molecule has 1 aromatic heterocycles. The van der Waals surface area contributed by atoms with Crippen molar-refractivity contribution >= 4 is 27.3 Å². The highest BCUT2D eigenvalue weighted by molar-refractivity contribution is 9.10. The van der Waals surface area contributed by atoms with Gasteiger partial charge in [0.2, 0.25) is 0 Å². The van der Waals surface area contributed by atoms with Crippen molar-refractivity contribution in [1.29, 1.82) is 0 Å². The third kappa shape index (κ3) is 3.46. The standard InChI is InChI=1S/C13H19BrN4O2/c14-10-7-16-8-12(18(19)20)13(10)17-11(6-15)9-4-2-1-3-5-9/h7-9,11H,1-6,15H2,(H,16,17). The highest BCUT2D eigenvalue weighted by atomic mass is 79.9. The first kappa shape index (κ1) is 15.2. The summed E-state index contributed by atoms with van der Waals surface area (Å²) < 4.78 is 0.598. The molecule has 1 unspecified atom stereocenters. The normalized spacial score (nSPS) is 17.7. The Balaban J connectivity index is 2.20. The van der Waals surface area contributed by atoms with Gasteiger partial charge < -0.3 is 11.1 Å². The average Bonchev–Trinajstić information content (AvgIpc) is 2.46. The van der Waals surface area contributed by atoms with E-state index in [4.69, 9.17) is 5.73 Å². The van der Waals surface area contributed by atoms with E-state index in [0.29, 0.717) is 22.6 Å². The third-order valence-electron chi connectivity index (χ3n) is 3.88. The van der Waals surface area contributed by atoms with Crippen LogP contribution in [0.5, 0.6) is 0 Å². The van der Waals surface area contributed by atoms with Gasteiger partial charge in [-0.3, -0.25) is 15.1 Å². The summed E-state index contributed by atoms with van der Waals surface area (Å²) in [5, 5.41) is 14.4. The van der Waals surface area contributed by atoms with Crippen molar-refractivity contribution in [3.8, 4) is 0 Å². The Labute approximate surface area is 126 Å². The fraction of sp³-hybridized carbons (Fsp3) is 0.615. The Hall–Kier alpha value is -1.21. The van der Waals surface area contributed by atoms with E-state index in [9.17, 15) is 10.1 Å². The molecule has 0 amide bonds. The van der Waals surface area contributed by atoms with Gasteiger partial charge in [0.25, 0.3) is 0 Å². The number of pyridine rings is 1. The van der Waals surface area contributed by atoms with Gasteiger partial charge in [0, 0.05) is 18.8 Å². The number of hydrogen-bond donors (Lipinski definition) is 2. The zero-order valence-electron chi connectivity index (χ0n) is 11.2. The highest BCUT2D eigenvalue weighted by Gasteiger charge is 2.26. The number of rotatable bonds is 5. The molecule has 1 saturated carbocycles. The minimum atomic E-state index is -0.422. The SMILES string of the molecule is NCC(Nc1c(Br)cncc1[N+](=O)[O-])C1CCCCC1. The van der Waals surface area contributed by atoms with Crippen LogP contribution in [-0.4, -0.2) is 22.5 Å². The van der Waals surface area contributed by atoms with Gasteiger partial charge >= 0.3 is 5.69 Å². The number of hydrogen-bond acceptors (Lipinski definition) is 5. The minimum Gasteiger partial charge on any atom is -0.374 e. The van der Waals surface area contributed by atoms with Crippen LogP contribution < -0.4 is 11.1 Å². The molecule has 0 saturated heterocycles. The maximum atomic E-state index is 11.1. The third-order valence-corrected chi connectivity index (χ3v) is 4.48. The molecule has 0 aromatic carbocycles. The van der Waals surface area contributed by atoms with Crippen molar-refractivity contribution in [2.45, 2.75) is 38.1 Å². The molecule has 6 nitrogen and oxygen atoms in total. The lowest BCUT2D eigenvalue weighted by Crippen LogP contribution is -2.37. The minimum absolute atomic E-state index is 0.0198. The van der Waals surface area contributed by atoms with Gasteiger partial charge in [-0.1, -0.05) is 19.3 Å². The van der Waals surface area contributed by atoms with Crippen LogP contribution in [0.2, 0.25) is 0 Å². The Morgan fingerprint density at radius 2 is 2.15 bits per heavy atom. The maximum absolute atomic E-state index is 11.1. The number of aromatic nitrogens is 1. The van der Waals surface area contributed by atoms with Crippen molar-refractivity contribution in [2.24, 2.45) is 11.7 Å². The average molecular weight is 343 g/mol. The summed E-state index contributed by atoms with van der Waals surface area (Å²) >= 11 is 3.33. The van der Waals surface area contributed by atoms with Gasteiger partial charge in [-0.25, -0.2) is 0 Å². The van der Waals surface area contributed by atoms with Crippen LogP contribution in [-0.2, 0) is 0 Å². The highest BCUT2D eigenvalue weighted by Crippen LogP contribution is 2.34. The smallest absolute Gasteiger partial charge is 0.311 e. The number of anilines is 1. The van der Waals surface area contributed by atoms with E-state index in [1.807, 2.05) is 0 Å². The second-order valence-corrected chi connectivity index (χ2v) is 6.01. The summed E-state index contributed by atoms with van der Waals surface area (Å²) in [4.78, 5) is 14.5. The van der Waals surface area contributed by atoms with Crippen molar-refractivity contribution < 1.29 is 4.92 Å². The van der Waals surface area contributed by atoms with E-state index in [1.54, 1.807) is 6.20 Å². The quantitative estimate of drug-likeness (QED) is 0.633. The zero-order valence-corrected chi connectivity index (χ0v) is 12.8. The molecule has 0 aliphatic heterocycles. The van der Waals surface area contributed by atoms with Crippen LogP contribution in [0, 0.1) is 16.0 Å². The van der Waals surface area contributed by atoms with Crippen LogP contribution in [0.3, 0.4) is 0 Å². The molecule has 1 aliphatic rings. The van der Waals surface area contributed by atoms with Crippen LogP contribution in [0.4, 0.5) is 11.4 Å². The van der Waals surface area contributed by atoms with E-state index in [1.165, 1.54) is 25.5 Å². The van der Waals surface area contributed by atoms with Crippen molar-refractivity contribution in [1.82, 2.24) is 4.98 Å². The topological polar surface area (TPSA) is 94.1 Å². The molecule has 2 rings (SSSR count). The van der Waals surface area contributed by atoms with E-state index < -0.39 is 4.92 Å². The first-order valence-electron chi connectivity index (χ1n) is 6.88. The molecule has 1 aliphatic carbocycles. The molecule has 7 heteroatoms. The number of nitrogens with one attached hydrogen (secondary N) is 1. The molecule has 3 N–H and O–H groups in total. The molecule has 1 fully saturated rings. The van der Waals surface area contributed by atoms with E-state index in [-0.39, 0.29) is 11.7 Å². The Morgan fingerprint density at radius 3 is 2.75 bits per heavy atom. The monoisotopic (exact) mass is 342 g/mol. The van der Waals surface area contributed by atoms with Gasteiger partial charge in [-0.15, -0.1) is 0 Å². The molecule has 110 valence electrons. The van der Waals surface area contributed by atoms with Gasteiger partial charge in [-0.05, 0) is 34.7 Å². The fourth-order valence-corrected chi connectivity index (χ4v) is 3.23.